The third-order valence-electron chi connectivity index (χ3n) is 2.39. The highest BCUT2D eigenvalue weighted by molar-refractivity contribution is 5.94. The summed E-state index contributed by atoms with van der Waals surface area (Å²) in [5.41, 5.74) is 1.00. The lowest BCUT2D eigenvalue weighted by molar-refractivity contribution is 0.419. The summed E-state index contributed by atoms with van der Waals surface area (Å²) in [7, 11) is 0. The zero-order valence-electron chi connectivity index (χ0n) is 7.92. The second-order valence-corrected chi connectivity index (χ2v) is 3.28. The van der Waals surface area contributed by atoms with E-state index in [1.54, 1.807) is 0 Å². The van der Waals surface area contributed by atoms with Crippen molar-refractivity contribution in [3.8, 4) is 11.4 Å². The molecule has 0 atom stereocenters. The molecule has 0 radical (unpaired) electrons. The minimum absolute atomic E-state index is 0.631. The first kappa shape index (κ1) is 8.17. The summed E-state index contributed by atoms with van der Waals surface area (Å²) in [6.07, 6.45) is 1.34. The van der Waals surface area contributed by atoms with E-state index in [0.29, 0.717) is 5.82 Å². The highest BCUT2D eigenvalue weighted by Crippen LogP contribution is 2.25. The van der Waals surface area contributed by atoms with E-state index in [2.05, 4.69) is 28.3 Å². The van der Waals surface area contributed by atoms with Gasteiger partial charge in [-0.2, -0.15) is 4.98 Å². The average molecular weight is 196 g/mol. The Balaban J connectivity index is 2.36. The summed E-state index contributed by atoms with van der Waals surface area (Å²) >= 11 is 0. The van der Waals surface area contributed by atoms with Gasteiger partial charge >= 0.3 is 0 Å². The van der Waals surface area contributed by atoms with Crippen LogP contribution in [0.1, 0.15) is 0 Å². The normalized spacial score (nSPS) is 10.7. The molecule has 0 aliphatic rings. The fourth-order valence-electron chi connectivity index (χ4n) is 1.71. The van der Waals surface area contributed by atoms with Gasteiger partial charge in [-0.25, -0.2) is 0 Å². The lowest BCUT2D eigenvalue weighted by atomic mass is 10.0. The summed E-state index contributed by atoms with van der Waals surface area (Å²) < 4.78 is 4.76. The molecule has 3 heteroatoms. The van der Waals surface area contributed by atoms with Gasteiger partial charge in [-0.1, -0.05) is 47.6 Å². The Labute approximate surface area is 86.4 Å². The minimum Gasteiger partial charge on any atom is -0.342 e. The third-order valence-corrected chi connectivity index (χ3v) is 2.39. The second kappa shape index (κ2) is 3.20. The molecular weight excluding hydrogens is 188 g/mol. The van der Waals surface area contributed by atoms with Crippen LogP contribution < -0.4 is 0 Å². The molecule has 1 heterocycles. The quantitative estimate of drug-likeness (QED) is 0.600. The monoisotopic (exact) mass is 196 g/mol. The van der Waals surface area contributed by atoms with Crippen molar-refractivity contribution in [2.75, 3.05) is 0 Å². The van der Waals surface area contributed by atoms with Crippen LogP contribution in [0.4, 0.5) is 0 Å². The molecule has 0 fully saturated rings. The van der Waals surface area contributed by atoms with Crippen LogP contribution in [0.3, 0.4) is 0 Å². The highest BCUT2D eigenvalue weighted by atomic mass is 16.5. The van der Waals surface area contributed by atoms with E-state index < -0.39 is 0 Å². The maximum atomic E-state index is 4.76. The molecule has 0 unspecified atom stereocenters. The number of benzene rings is 2. The molecular formula is C12H8N2O. The molecule has 0 saturated carbocycles. The Kier molecular flexibility index (Phi) is 1.75. The summed E-state index contributed by atoms with van der Waals surface area (Å²) in [5, 5.41) is 6.17. The topological polar surface area (TPSA) is 38.9 Å². The number of fused-ring (bicyclic) bond motifs is 1. The zero-order valence-corrected chi connectivity index (χ0v) is 7.92. The van der Waals surface area contributed by atoms with Crippen molar-refractivity contribution in [3.05, 3.63) is 48.9 Å². The fraction of sp³-hybridized carbons (Fsp3) is 0. The van der Waals surface area contributed by atoms with Crippen LogP contribution in [-0.4, -0.2) is 10.1 Å². The maximum absolute atomic E-state index is 4.76. The van der Waals surface area contributed by atoms with Crippen molar-refractivity contribution >= 4 is 10.8 Å². The molecule has 0 amide bonds. The zero-order chi connectivity index (χ0) is 10.1. The first-order valence-electron chi connectivity index (χ1n) is 4.70. The molecule has 72 valence electrons. The smallest absolute Gasteiger partial charge is 0.214 e. The second-order valence-electron chi connectivity index (χ2n) is 3.28. The standard InChI is InChI=1S/C12H8N2O/c1-2-6-10-9(4-1)5-3-7-11(10)12-13-8-15-14-12/h1-8H. The van der Waals surface area contributed by atoms with Gasteiger partial charge in [0.2, 0.25) is 12.2 Å². The van der Waals surface area contributed by atoms with Crippen LogP contribution in [0, 0.1) is 0 Å². The summed E-state index contributed by atoms with van der Waals surface area (Å²) in [4.78, 5) is 4.06. The molecule has 0 bridgehead atoms. The molecule has 3 rings (SSSR count). The minimum atomic E-state index is 0.631. The highest BCUT2D eigenvalue weighted by Gasteiger charge is 2.06. The predicted molar refractivity (Wildman–Crippen MR) is 57.2 cm³/mol. The molecule has 3 nitrogen and oxygen atoms in total. The van der Waals surface area contributed by atoms with Crippen molar-refractivity contribution in [3.63, 3.8) is 0 Å². The van der Waals surface area contributed by atoms with Crippen molar-refractivity contribution in [1.29, 1.82) is 0 Å². The van der Waals surface area contributed by atoms with Gasteiger partial charge in [-0.3, -0.25) is 0 Å². The Morgan fingerprint density at radius 2 is 1.80 bits per heavy atom. The lowest BCUT2D eigenvalue weighted by Crippen LogP contribution is -1.82. The summed E-state index contributed by atoms with van der Waals surface area (Å²) in [5.74, 6) is 0.631. The summed E-state index contributed by atoms with van der Waals surface area (Å²) in [6, 6.07) is 14.2. The fourth-order valence-corrected chi connectivity index (χ4v) is 1.71. The predicted octanol–water partition coefficient (Wildman–Crippen LogP) is 2.89. The van der Waals surface area contributed by atoms with Gasteiger partial charge in [0.15, 0.2) is 0 Å². The average Bonchev–Trinajstić information content (AvgIpc) is 2.82. The van der Waals surface area contributed by atoms with Gasteiger partial charge in [0.05, 0.1) is 0 Å². The number of hydrogen-bond acceptors (Lipinski definition) is 3. The number of hydrogen-bond donors (Lipinski definition) is 0. The molecule has 0 saturated heterocycles. The molecule has 3 aromatic rings. The molecule has 0 N–H and O–H groups in total. The van der Waals surface area contributed by atoms with Crippen LogP contribution in [0.25, 0.3) is 22.2 Å². The van der Waals surface area contributed by atoms with Crippen molar-refractivity contribution in [2.45, 2.75) is 0 Å². The van der Waals surface area contributed by atoms with Crippen LogP contribution in [0.15, 0.2) is 53.4 Å². The van der Waals surface area contributed by atoms with E-state index in [4.69, 9.17) is 4.52 Å². The van der Waals surface area contributed by atoms with Gasteiger partial charge in [0, 0.05) is 5.56 Å². The van der Waals surface area contributed by atoms with E-state index in [9.17, 15) is 0 Å². The Morgan fingerprint density at radius 1 is 0.933 bits per heavy atom. The lowest BCUT2D eigenvalue weighted by Gasteiger charge is -2.01. The van der Waals surface area contributed by atoms with Crippen LogP contribution in [0.2, 0.25) is 0 Å². The van der Waals surface area contributed by atoms with Crippen LogP contribution in [-0.2, 0) is 0 Å². The SMILES string of the molecule is c1ccc2c(-c3ncon3)cccc2c1. The Hall–Kier alpha value is -2.16. The van der Waals surface area contributed by atoms with Crippen LogP contribution >= 0.6 is 0 Å². The van der Waals surface area contributed by atoms with Gasteiger partial charge in [0.1, 0.15) is 0 Å². The first-order chi connectivity index (χ1) is 7.45. The third kappa shape index (κ3) is 1.29. The largest absolute Gasteiger partial charge is 0.342 e. The molecule has 0 aliphatic carbocycles. The van der Waals surface area contributed by atoms with E-state index in [0.717, 1.165) is 10.9 Å². The van der Waals surface area contributed by atoms with Gasteiger partial charge < -0.3 is 4.52 Å². The van der Waals surface area contributed by atoms with Crippen molar-refractivity contribution in [2.24, 2.45) is 0 Å². The van der Waals surface area contributed by atoms with E-state index in [1.165, 1.54) is 11.8 Å². The Morgan fingerprint density at radius 3 is 2.67 bits per heavy atom. The summed E-state index contributed by atoms with van der Waals surface area (Å²) in [6.45, 7) is 0. The molecule has 0 spiro atoms. The van der Waals surface area contributed by atoms with Gasteiger partial charge in [0.25, 0.3) is 0 Å². The maximum Gasteiger partial charge on any atom is 0.214 e. The molecule has 1 aromatic heterocycles. The van der Waals surface area contributed by atoms with Crippen molar-refractivity contribution < 1.29 is 4.52 Å². The van der Waals surface area contributed by atoms with Crippen molar-refractivity contribution in [1.82, 2.24) is 10.1 Å². The Bertz CT molecular complexity index is 582. The number of rotatable bonds is 1. The number of aromatic nitrogens is 2. The first-order valence-corrected chi connectivity index (χ1v) is 4.70. The number of nitrogens with zero attached hydrogens (tertiary/aromatic N) is 2. The van der Waals surface area contributed by atoms with Crippen LogP contribution in [0.5, 0.6) is 0 Å². The van der Waals surface area contributed by atoms with Gasteiger partial charge in [-0.05, 0) is 10.8 Å². The molecule has 0 aliphatic heterocycles. The van der Waals surface area contributed by atoms with E-state index in [-0.39, 0.29) is 0 Å². The van der Waals surface area contributed by atoms with E-state index >= 15 is 0 Å². The van der Waals surface area contributed by atoms with E-state index in [1.807, 2.05) is 24.3 Å². The molecule has 15 heavy (non-hydrogen) atoms. The van der Waals surface area contributed by atoms with Gasteiger partial charge in [-0.15, -0.1) is 0 Å². The molecule has 2 aromatic carbocycles.